The Kier molecular flexibility index (Phi) is 6.26. The normalized spacial score (nSPS) is 11.5. The summed E-state index contributed by atoms with van der Waals surface area (Å²) in [6, 6.07) is 11.0. The van der Waals surface area contributed by atoms with Crippen molar-refractivity contribution < 1.29 is 26.4 Å². The van der Waals surface area contributed by atoms with Gasteiger partial charge in [-0.15, -0.1) is 0 Å². The van der Waals surface area contributed by atoms with E-state index in [1.165, 1.54) is 18.4 Å². The van der Waals surface area contributed by atoms with Crippen LogP contribution in [0.3, 0.4) is 0 Å². The SMILES string of the molecule is Cc1ccc(-c2coc(-c3cc(C(F)(F)F)c(C#N)c(=O)n3Cc3ccc(F)cc3F)c2)cc1Cl. The molecule has 0 radical (unpaired) electrons. The number of nitrogens with zero attached hydrogens (tertiary/aromatic N) is 2. The van der Waals surface area contributed by atoms with E-state index in [2.05, 4.69) is 0 Å². The average molecular weight is 505 g/mol. The topological polar surface area (TPSA) is 58.9 Å². The Morgan fingerprint density at radius 3 is 2.43 bits per heavy atom. The first-order valence-corrected chi connectivity index (χ1v) is 10.4. The van der Waals surface area contributed by atoms with E-state index in [0.29, 0.717) is 28.3 Å². The van der Waals surface area contributed by atoms with Crippen LogP contribution in [0.25, 0.3) is 22.6 Å². The molecule has 2 aromatic heterocycles. The Labute approximate surface area is 200 Å². The lowest BCUT2D eigenvalue weighted by molar-refractivity contribution is -0.137. The summed E-state index contributed by atoms with van der Waals surface area (Å²) >= 11 is 6.16. The third-order valence-corrected chi connectivity index (χ3v) is 5.83. The highest BCUT2D eigenvalue weighted by Crippen LogP contribution is 2.36. The molecule has 178 valence electrons. The Hall–Kier alpha value is -3.90. The van der Waals surface area contributed by atoms with Crippen LogP contribution in [-0.2, 0) is 12.7 Å². The van der Waals surface area contributed by atoms with E-state index in [9.17, 15) is 32.0 Å². The molecule has 4 aromatic rings. The Balaban J connectivity index is 1.93. The van der Waals surface area contributed by atoms with Crippen LogP contribution < -0.4 is 5.56 Å². The second-order valence-electron chi connectivity index (χ2n) is 7.72. The van der Waals surface area contributed by atoms with Gasteiger partial charge in [0.1, 0.15) is 23.3 Å². The fourth-order valence-corrected chi connectivity index (χ4v) is 3.73. The number of aryl methyl sites for hydroxylation is 1. The van der Waals surface area contributed by atoms with Gasteiger partial charge < -0.3 is 4.42 Å². The van der Waals surface area contributed by atoms with E-state index >= 15 is 0 Å². The van der Waals surface area contributed by atoms with Gasteiger partial charge in [-0.2, -0.15) is 18.4 Å². The molecule has 2 aromatic carbocycles. The van der Waals surface area contributed by atoms with Gasteiger partial charge in [-0.3, -0.25) is 9.36 Å². The smallest absolute Gasteiger partial charge is 0.417 e. The number of halogens is 6. The second kappa shape index (κ2) is 9.04. The molecule has 0 unspecified atom stereocenters. The summed E-state index contributed by atoms with van der Waals surface area (Å²) in [5.41, 5.74) is -2.52. The third-order valence-electron chi connectivity index (χ3n) is 5.42. The molecular formula is C25H14ClF5N2O2. The predicted octanol–water partition coefficient (Wildman–Crippen LogP) is 6.95. The van der Waals surface area contributed by atoms with Crippen LogP contribution in [0.2, 0.25) is 5.02 Å². The van der Waals surface area contributed by atoms with Crippen LogP contribution in [0.1, 0.15) is 22.3 Å². The Morgan fingerprint density at radius 2 is 1.80 bits per heavy atom. The molecule has 35 heavy (non-hydrogen) atoms. The summed E-state index contributed by atoms with van der Waals surface area (Å²) in [6.07, 6.45) is -3.74. The molecule has 4 rings (SSSR count). The minimum absolute atomic E-state index is 0.133. The van der Waals surface area contributed by atoms with Crippen LogP contribution in [0, 0.1) is 29.9 Å². The fourth-order valence-electron chi connectivity index (χ4n) is 3.55. The van der Waals surface area contributed by atoms with Crippen molar-refractivity contribution >= 4 is 11.6 Å². The summed E-state index contributed by atoms with van der Waals surface area (Å²) in [7, 11) is 0. The molecular weight excluding hydrogens is 491 g/mol. The average Bonchev–Trinajstić information content (AvgIpc) is 3.27. The van der Waals surface area contributed by atoms with Gasteiger partial charge in [0.05, 0.1) is 24.1 Å². The van der Waals surface area contributed by atoms with Gasteiger partial charge in [-0.05, 0) is 42.3 Å². The Morgan fingerprint density at radius 1 is 1.06 bits per heavy atom. The lowest BCUT2D eigenvalue weighted by Gasteiger charge is -2.16. The van der Waals surface area contributed by atoms with Crippen LogP contribution in [-0.4, -0.2) is 4.57 Å². The fraction of sp³-hybridized carbons (Fsp3) is 0.120. The van der Waals surface area contributed by atoms with E-state index in [4.69, 9.17) is 16.0 Å². The minimum atomic E-state index is -5.01. The first-order chi connectivity index (χ1) is 16.5. The molecule has 4 nitrogen and oxygen atoms in total. The van der Waals surface area contributed by atoms with Gasteiger partial charge in [0, 0.05) is 22.2 Å². The summed E-state index contributed by atoms with van der Waals surface area (Å²) in [6.45, 7) is 1.23. The molecule has 0 bridgehead atoms. The van der Waals surface area contributed by atoms with Gasteiger partial charge in [-0.25, -0.2) is 8.78 Å². The predicted molar refractivity (Wildman–Crippen MR) is 119 cm³/mol. The zero-order valence-electron chi connectivity index (χ0n) is 17.9. The van der Waals surface area contributed by atoms with Crippen LogP contribution in [0.4, 0.5) is 22.0 Å². The maximum absolute atomic E-state index is 14.3. The van der Waals surface area contributed by atoms with Crippen molar-refractivity contribution in [3.8, 4) is 28.7 Å². The first-order valence-electron chi connectivity index (χ1n) is 10.0. The molecule has 0 atom stereocenters. The van der Waals surface area contributed by atoms with Crippen molar-refractivity contribution in [3.63, 3.8) is 0 Å². The number of aromatic nitrogens is 1. The van der Waals surface area contributed by atoms with E-state index in [1.54, 1.807) is 25.1 Å². The molecule has 0 aliphatic heterocycles. The summed E-state index contributed by atoms with van der Waals surface area (Å²) in [4.78, 5) is 13.0. The molecule has 0 saturated heterocycles. The molecule has 0 aliphatic rings. The molecule has 0 aliphatic carbocycles. The quantitative estimate of drug-likeness (QED) is 0.282. The lowest BCUT2D eigenvalue weighted by Crippen LogP contribution is -2.29. The van der Waals surface area contributed by atoms with Crippen molar-refractivity contribution in [1.29, 1.82) is 5.26 Å². The molecule has 2 heterocycles. The van der Waals surface area contributed by atoms with Crippen molar-refractivity contribution in [3.05, 3.63) is 104 Å². The van der Waals surface area contributed by atoms with Gasteiger partial charge in [0.15, 0.2) is 5.76 Å². The van der Waals surface area contributed by atoms with Crippen LogP contribution in [0.15, 0.2) is 64.0 Å². The van der Waals surface area contributed by atoms with Crippen molar-refractivity contribution in [2.75, 3.05) is 0 Å². The van der Waals surface area contributed by atoms with E-state index in [1.807, 2.05) is 0 Å². The maximum atomic E-state index is 14.3. The van der Waals surface area contributed by atoms with E-state index in [0.717, 1.165) is 22.3 Å². The van der Waals surface area contributed by atoms with Gasteiger partial charge in [0.25, 0.3) is 5.56 Å². The lowest BCUT2D eigenvalue weighted by atomic mass is 10.0. The van der Waals surface area contributed by atoms with E-state index in [-0.39, 0.29) is 17.0 Å². The molecule has 0 saturated carbocycles. The monoisotopic (exact) mass is 504 g/mol. The molecule has 0 amide bonds. The molecule has 0 fully saturated rings. The number of pyridine rings is 1. The number of rotatable bonds is 4. The number of hydrogen-bond acceptors (Lipinski definition) is 3. The van der Waals surface area contributed by atoms with Gasteiger partial charge >= 0.3 is 6.18 Å². The highest BCUT2D eigenvalue weighted by molar-refractivity contribution is 6.31. The standard InChI is InChI=1S/C25H14ClF5N2O2/c1-13-2-3-14(6-20(13)26)16-7-23(35-12-16)22-9-19(25(29,30)31)18(10-32)24(34)33(22)11-15-4-5-17(27)8-21(15)28/h2-9,12H,11H2,1H3. The van der Waals surface area contributed by atoms with Crippen molar-refractivity contribution in [2.24, 2.45) is 0 Å². The molecule has 10 heteroatoms. The number of benzene rings is 2. The number of alkyl halides is 3. The highest BCUT2D eigenvalue weighted by atomic mass is 35.5. The molecule has 0 N–H and O–H groups in total. The van der Waals surface area contributed by atoms with Crippen molar-refractivity contribution in [2.45, 2.75) is 19.6 Å². The Bertz CT molecular complexity index is 1550. The molecule has 0 spiro atoms. The van der Waals surface area contributed by atoms with Crippen molar-refractivity contribution in [1.82, 2.24) is 4.57 Å². The zero-order chi connectivity index (χ0) is 25.5. The van der Waals surface area contributed by atoms with Gasteiger partial charge in [-0.1, -0.05) is 29.8 Å². The second-order valence-corrected chi connectivity index (χ2v) is 8.13. The number of hydrogen-bond donors (Lipinski definition) is 0. The van der Waals surface area contributed by atoms with Crippen LogP contribution >= 0.6 is 11.6 Å². The number of nitriles is 1. The largest absolute Gasteiger partial charge is 0.462 e. The van der Waals surface area contributed by atoms with E-state index < -0.39 is 41.0 Å². The summed E-state index contributed by atoms with van der Waals surface area (Å²) in [5.74, 6) is -2.00. The van der Waals surface area contributed by atoms with Gasteiger partial charge in [0.2, 0.25) is 0 Å². The zero-order valence-corrected chi connectivity index (χ0v) is 18.6. The first kappa shape index (κ1) is 24.2. The van der Waals surface area contributed by atoms with Crippen LogP contribution in [0.5, 0.6) is 0 Å². The highest BCUT2D eigenvalue weighted by Gasteiger charge is 2.37. The summed E-state index contributed by atoms with van der Waals surface area (Å²) in [5, 5.41) is 9.75. The minimum Gasteiger partial charge on any atom is -0.462 e. The third kappa shape index (κ3) is 4.70. The summed E-state index contributed by atoms with van der Waals surface area (Å²) < 4.78 is 75.0. The maximum Gasteiger partial charge on any atom is 0.417 e. The number of furan rings is 1.